The molecule has 3 heterocycles. The number of aromatic amines is 1. The molecule has 1 aliphatic rings. The Hall–Kier alpha value is -3.77. The van der Waals surface area contributed by atoms with Crippen LogP contribution in [0.15, 0.2) is 34.6 Å². The first kappa shape index (κ1) is 30.2. The molecule has 3 N–H and O–H groups in total. The first-order valence-corrected chi connectivity index (χ1v) is 13.3. The molecule has 2 aromatic heterocycles. The average molecular weight is 636 g/mol. The summed E-state index contributed by atoms with van der Waals surface area (Å²) in [5.41, 5.74) is -3.07. The maximum absolute atomic E-state index is 13.2. The Labute approximate surface area is 239 Å². The van der Waals surface area contributed by atoms with Crippen LogP contribution in [0.1, 0.15) is 28.2 Å². The van der Waals surface area contributed by atoms with Gasteiger partial charge in [0.1, 0.15) is 16.6 Å². The Morgan fingerprint density at radius 2 is 1.73 bits per heavy atom. The van der Waals surface area contributed by atoms with Gasteiger partial charge in [-0.25, -0.2) is 0 Å². The summed E-state index contributed by atoms with van der Waals surface area (Å²) >= 11 is 7.14. The van der Waals surface area contributed by atoms with Gasteiger partial charge in [-0.05, 0) is 46.8 Å². The number of aliphatic carboxylic acids is 1. The molecule has 2 amide bonds. The Bertz CT molecular complexity index is 1530. The van der Waals surface area contributed by atoms with Crippen molar-refractivity contribution in [1.29, 1.82) is 0 Å². The Morgan fingerprint density at radius 1 is 1.07 bits per heavy atom. The van der Waals surface area contributed by atoms with Gasteiger partial charge in [-0.15, -0.1) is 16.4 Å². The van der Waals surface area contributed by atoms with E-state index in [9.17, 15) is 40.7 Å². The topological polar surface area (TPSA) is 128 Å². The number of thiophene rings is 1. The van der Waals surface area contributed by atoms with Crippen LogP contribution in [0.4, 0.5) is 32.3 Å². The largest absolute Gasteiger partial charge is 0.481 e. The highest BCUT2D eigenvalue weighted by Gasteiger charge is 2.37. The molecule has 9 nitrogen and oxygen atoms in total. The summed E-state index contributed by atoms with van der Waals surface area (Å²) in [7, 11) is 0. The van der Waals surface area contributed by atoms with Crippen LogP contribution in [-0.2, 0) is 33.2 Å². The number of nitrogens with one attached hydrogen (secondary N) is 2. The van der Waals surface area contributed by atoms with Crippen molar-refractivity contribution in [3.05, 3.63) is 56.4 Å². The molecule has 0 radical (unpaired) electrons. The molecule has 216 valence electrons. The van der Waals surface area contributed by atoms with Gasteiger partial charge in [0.25, 0.3) is 5.91 Å². The maximum atomic E-state index is 13.2. The van der Waals surface area contributed by atoms with Crippen LogP contribution in [0.2, 0.25) is 0 Å². The maximum Gasteiger partial charge on any atom is 0.416 e. The molecule has 18 heteroatoms. The Morgan fingerprint density at radius 3 is 2.34 bits per heavy atom. The van der Waals surface area contributed by atoms with Crippen molar-refractivity contribution in [3.8, 4) is 11.1 Å². The van der Waals surface area contributed by atoms with Crippen molar-refractivity contribution >= 4 is 69.4 Å². The van der Waals surface area contributed by atoms with Gasteiger partial charge < -0.3 is 5.11 Å². The lowest BCUT2D eigenvalue weighted by Crippen LogP contribution is -2.31. The summed E-state index contributed by atoms with van der Waals surface area (Å²) < 4.78 is 79.5. The number of aromatic nitrogens is 3. The van der Waals surface area contributed by atoms with E-state index in [0.717, 1.165) is 28.0 Å². The van der Waals surface area contributed by atoms with Gasteiger partial charge in [-0.2, -0.15) is 31.3 Å². The third-order valence-corrected chi connectivity index (χ3v) is 7.61. The summed E-state index contributed by atoms with van der Waals surface area (Å²) in [6, 6.07) is 2.65. The number of alkyl halides is 6. The van der Waals surface area contributed by atoms with Crippen LogP contribution in [0, 0.1) is 0 Å². The molecule has 0 unspecified atom stereocenters. The minimum atomic E-state index is -4.99. The number of carboxylic acid groups (broad SMARTS) is 1. The van der Waals surface area contributed by atoms with Gasteiger partial charge in [0.15, 0.2) is 0 Å². The van der Waals surface area contributed by atoms with Gasteiger partial charge in [0.05, 0.1) is 16.0 Å². The van der Waals surface area contributed by atoms with Crippen molar-refractivity contribution in [2.45, 2.75) is 25.2 Å². The van der Waals surface area contributed by atoms with Gasteiger partial charge in [0.2, 0.25) is 11.9 Å². The number of nitrogens with zero attached hydrogens (tertiary/aromatic N) is 3. The average Bonchev–Trinajstić information content (AvgIpc) is 3.57. The van der Waals surface area contributed by atoms with E-state index in [0.29, 0.717) is 17.0 Å². The first-order chi connectivity index (χ1) is 19.1. The number of halogens is 6. The zero-order chi connectivity index (χ0) is 30.1. The van der Waals surface area contributed by atoms with Crippen LogP contribution >= 0.6 is 35.3 Å². The summed E-state index contributed by atoms with van der Waals surface area (Å²) in [4.78, 5) is 41.3. The van der Waals surface area contributed by atoms with E-state index in [1.54, 1.807) is 0 Å². The van der Waals surface area contributed by atoms with Gasteiger partial charge in [-0.3, -0.25) is 29.7 Å². The standard InChI is InChI=1S/C23H15F6N5O4S3/c24-22(25,26)12-3-10(4-13(6-12)23(27,28)29)11-5-14(40-9-11)7-15-19(38)34(21(39)41-15)2-1-17(35)31-20-30-16(32-33-20)8-18(36)37/h3-7,9H,1-2,8H2,(H,36,37)(H2,30,31,32,33,35)/b15-7-. The number of rotatable bonds is 8. The molecule has 0 atom stereocenters. The van der Waals surface area contributed by atoms with Gasteiger partial charge >= 0.3 is 18.3 Å². The fourth-order valence-electron chi connectivity index (χ4n) is 3.50. The predicted molar refractivity (Wildman–Crippen MR) is 141 cm³/mol. The second-order valence-electron chi connectivity index (χ2n) is 8.34. The molecule has 4 rings (SSSR count). The highest BCUT2D eigenvalue weighted by molar-refractivity contribution is 8.26. The fourth-order valence-corrected chi connectivity index (χ4v) is 5.72. The number of hydrogen-bond acceptors (Lipinski definition) is 8. The van der Waals surface area contributed by atoms with E-state index >= 15 is 0 Å². The Kier molecular flexibility index (Phi) is 8.55. The third-order valence-electron chi connectivity index (χ3n) is 5.35. The van der Waals surface area contributed by atoms with Crippen LogP contribution in [0.5, 0.6) is 0 Å². The van der Waals surface area contributed by atoms with E-state index in [4.69, 9.17) is 17.3 Å². The van der Waals surface area contributed by atoms with Crippen LogP contribution in [0.25, 0.3) is 17.2 Å². The summed E-state index contributed by atoms with van der Waals surface area (Å²) in [6.45, 7) is -0.111. The summed E-state index contributed by atoms with van der Waals surface area (Å²) in [6.07, 6.45) is -9.20. The first-order valence-electron chi connectivity index (χ1n) is 11.2. The number of carbonyl (C=O) groups is 3. The molecular formula is C23H15F6N5O4S3. The normalized spacial score (nSPS) is 15.2. The zero-order valence-electron chi connectivity index (χ0n) is 20.1. The minimum Gasteiger partial charge on any atom is -0.481 e. The number of benzene rings is 1. The molecular weight excluding hydrogens is 620 g/mol. The molecule has 1 saturated heterocycles. The molecule has 0 spiro atoms. The number of anilines is 1. The molecule has 0 bridgehead atoms. The van der Waals surface area contributed by atoms with Crippen molar-refractivity contribution in [2.75, 3.05) is 11.9 Å². The lowest BCUT2D eigenvalue weighted by Gasteiger charge is -2.13. The van der Waals surface area contributed by atoms with Crippen LogP contribution in [0.3, 0.4) is 0 Å². The number of hydrogen-bond donors (Lipinski definition) is 3. The highest BCUT2D eigenvalue weighted by Crippen LogP contribution is 2.40. The van der Waals surface area contributed by atoms with E-state index in [2.05, 4.69) is 20.5 Å². The van der Waals surface area contributed by atoms with Crippen molar-refractivity contribution in [2.24, 2.45) is 0 Å². The SMILES string of the molecule is O=C(O)Cc1nc(NC(=O)CCN2C(=O)/C(=C/c3cc(-c4cc(C(F)(F)F)cc(C(F)(F)F)c4)cs3)SC2=S)n[nH]1. The molecule has 41 heavy (non-hydrogen) atoms. The monoisotopic (exact) mass is 635 g/mol. The second-order valence-corrected chi connectivity index (χ2v) is 11.0. The van der Waals surface area contributed by atoms with Gasteiger partial charge in [0, 0.05) is 17.8 Å². The number of carbonyl (C=O) groups excluding carboxylic acids is 2. The van der Waals surface area contributed by atoms with Crippen molar-refractivity contribution < 1.29 is 45.8 Å². The predicted octanol–water partition coefficient (Wildman–Crippen LogP) is 5.43. The van der Waals surface area contributed by atoms with Gasteiger partial charge in [-0.1, -0.05) is 24.0 Å². The number of amides is 2. The summed E-state index contributed by atoms with van der Waals surface area (Å²) in [5.74, 6) is -2.38. The van der Waals surface area contributed by atoms with Crippen molar-refractivity contribution in [3.63, 3.8) is 0 Å². The van der Waals surface area contributed by atoms with E-state index in [1.165, 1.54) is 17.5 Å². The van der Waals surface area contributed by atoms with Crippen LogP contribution < -0.4 is 5.32 Å². The van der Waals surface area contributed by atoms with Crippen LogP contribution in [-0.4, -0.2) is 53.8 Å². The van der Waals surface area contributed by atoms with E-state index in [-0.39, 0.29) is 51.2 Å². The molecule has 0 aliphatic carbocycles. The van der Waals surface area contributed by atoms with E-state index < -0.39 is 47.7 Å². The third kappa shape index (κ3) is 7.50. The highest BCUT2D eigenvalue weighted by atomic mass is 32.2. The number of carboxylic acids is 1. The number of H-pyrrole nitrogens is 1. The minimum absolute atomic E-state index is 0.0282. The lowest BCUT2D eigenvalue weighted by atomic mass is 10.0. The molecule has 3 aromatic rings. The molecule has 1 aromatic carbocycles. The number of thiocarbonyl (C=S) groups is 1. The molecule has 0 saturated carbocycles. The second kappa shape index (κ2) is 11.6. The smallest absolute Gasteiger partial charge is 0.416 e. The summed E-state index contributed by atoms with van der Waals surface area (Å²) in [5, 5.41) is 18.5. The van der Waals surface area contributed by atoms with Crippen molar-refractivity contribution in [1.82, 2.24) is 20.1 Å². The molecule has 1 aliphatic heterocycles. The Balaban J connectivity index is 1.44. The molecule has 1 fully saturated rings. The van der Waals surface area contributed by atoms with E-state index in [1.807, 2.05) is 0 Å². The number of thioether (sulfide) groups is 1. The zero-order valence-corrected chi connectivity index (χ0v) is 22.5. The quantitative estimate of drug-likeness (QED) is 0.170. The fraction of sp³-hybridized carbons (Fsp3) is 0.217. The lowest BCUT2D eigenvalue weighted by molar-refractivity contribution is -0.143.